The number of rotatable bonds is 4. The molecule has 0 amide bonds. The number of halogens is 2. The first-order valence-corrected chi connectivity index (χ1v) is 6.55. The fourth-order valence-electron chi connectivity index (χ4n) is 1.70. The number of nitrogens with zero attached hydrogens (tertiary/aromatic N) is 2. The number of hydrogen-bond acceptors (Lipinski definition) is 4. The largest absolute Gasteiger partial charge is 0.366 e. The van der Waals surface area contributed by atoms with Crippen LogP contribution in [0.25, 0.3) is 0 Å². The van der Waals surface area contributed by atoms with Gasteiger partial charge in [0.1, 0.15) is 17.8 Å². The van der Waals surface area contributed by atoms with Crippen molar-refractivity contribution in [1.82, 2.24) is 4.98 Å². The summed E-state index contributed by atoms with van der Waals surface area (Å²) in [5.74, 6) is 0.183. The zero-order valence-corrected chi connectivity index (χ0v) is 12.1. The van der Waals surface area contributed by atoms with Crippen molar-refractivity contribution < 1.29 is 9.31 Å². The highest BCUT2D eigenvalue weighted by Crippen LogP contribution is 2.21. The van der Waals surface area contributed by atoms with Gasteiger partial charge in [-0.3, -0.25) is 10.1 Å². The Hall–Kier alpha value is -2.02. The highest BCUT2D eigenvalue weighted by atomic mass is 79.9. The van der Waals surface area contributed by atoms with Gasteiger partial charge in [-0.25, -0.2) is 9.37 Å². The van der Waals surface area contributed by atoms with Gasteiger partial charge in [-0.15, -0.1) is 0 Å². The zero-order chi connectivity index (χ0) is 14.7. The predicted molar refractivity (Wildman–Crippen MR) is 77.1 cm³/mol. The third-order valence-corrected chi connectivity index (χ3v) is 3.52. The number of benzene rings is 1. The van der Waals surface area contributed by atoms with Gasteiger partial charge in [0, 0.05) is 16.6 Å². The second-order valence-electron chi connectivity index (χ2n) is 4.20. The molecular formula is C13H11BrFN3O2. The topological polar surface area (TPSA) is 68.1 Å². The molecule has 1 heterocycles. The Labute approximate surface area is 123 Å². The van der Waals surface area contributed by atoms with Crippen molar-refractivity contribution in [2.45, 2.75) is 13.5 Å². The quantitative estimate of drug-likeness (QED) is 0.679. The lowest BCUT2D eigenvalue weighted by atomic mass is 10.2. The van der Waals surface area contributed by atoms with E-state index in [-0.39, 0.29) is 11.5 Å². The molecule has 0 fully saturated rings. The van der Waals surface area contributed by atoms with Crippen LogP contribution >= 0.6 is 15.9 Å². The maximum absolute atomic E-state index is 13.1. The average Bonchev–Trinajstić information content (AvgIpc) is 2.39. The smallest absolute Gasteiger partial charge is 0.290 e. The van der Waals surface area contributed by atoms with E-state index < -0.39 is 4.92 Å². The molecule has 0 aliphatic carbocycles. The summed E-state index contributed by atoms with van der Waals surface area (Å²) in [4.78, 5) is 14.2. The van der Waals surface area contributed by atoms with E-state index in [2.05, 4.69) is 26.2 Å². The van der Waals surface area contributed by atoms with Crippen LogP contribution in [0.5, 0.6) is 0 Å². The Morgan fingerprint density at radius 3 is 2.85 bits per heavy atom. The van der Waals surface area contributed by atoms with Gasteiger partial charge in [-0.2, -0.15) is 0 Å². The summed E-state index contributed by atoms with van der Waals surface area (Å²) in [6.07, 6.45) is 1.21. The summed E-state index contributed by atoms with van der Waals surface area (Å²) in [5, 5.41) is 13.7. The van der Waals surface area contributed by atoms with Crippen LogP contribution in [-0.4, -0.2) is 9.91 Å². The lowest BCUT2D eigenvalue weighted by Crippen LogP contribution is -2.03. The molecule has 1 aromatic heterocycles. The van der Waals surface area contributed by atoms with Crippen LogP contribution in [0, 0.1) is 22.9 Å². The van der Waals surface area contributed by atoms with Crippen LogP contribution in [0.3, 0.4) is 0 Å². The average molecular weight is 340 g/mol. The van der Waals surface area contributed by atoms with Crippen molar-refractivity contribution in [3.8, 4) is 0 Å². The van der Waals surface area contributed by atoms with Gasteiger partial charge in [-0.1, -0.05) is 15.9 Å². The summed E-state index contributed by atoms with van der Waals surface area (Å²) in [7, 11) is 0. The molecule has 5 nitrogen and oxygen atoms in total. The van der Waals surface area contributed by atoms with Crippen molar-refractivity contribution in [1.29, 1.82) is 0 Å². The standard InChI is InChI=1S/C13H11BrFN3O2/c1-8-4-13(17-7-12(8)18(19)20)16-6-9-5-10(15)2-3-11(9)14/h2-5,7H,6H2,1H3,(H,16,17). The van der Waals surface area contributed by atoms with E-state index in [1.54, 1.807) is 19.1 Å². The minimum Gasteiger partial charge on any atom is -0.366 e. The van der Waals surface area contributed by atoms with Gasteiger partial charge in [0.15, 0.2) is 0 Å². The van der Waals surface area contributed by atoms with Gasteiger partial charge in [0.25, 0.3) is 5.69 Å². The van der Waals surface area contributed by atoms with Crippen LogP contribution < -0.4 is 5.32 Å². The SMILES string of the molecule is Cc1cc(NCc2cc(F)ccc2Br)ncc1[N+](=O)[O-]. The van der Waals surface area contributed by atoms with E-state index >= 15 is 0 Å². The first kappa shape index (κ1) is 14.4. The van der Waals surface area contributed by atoms with E-state index in [9.17, 15) is 14.5 Å². The Kier molecular flexibility index (Phi) is 4.29. The Bertz CT molecular complexity index is 664. The third-order valence-electron chi connectivity index (χ3n) is 2.75. The van der Waals surface area contributed by atoms with Gasteiger partial charge >= 0.3 is 0 Å². The lowest BCUT2D eigenvalue weighted by molar-refractivity contribution is -0.385. The summed E-state index contributed by atoms with van der Waals surface area (Å²) >= 11 is 3.33. The first-order valence-electron chi connectivity index (χ1n) is 5.76. The van der Waals surface area contributed by atoms with E-state index in [0.29, 0.717) is 17.9 Å². The zero-order valence-electron chi connectivity index (χ0n) is 10.6. The van der Waals surface area contributed by atoms with Crippen molar-refractivity contribution in [3.63, 3.8) is 0 Å². The van der Waals surface area contributed by atoms with E-state index in [0.717, 1.165) is 10.0 Å². The molecule has 0 saturated carbocycles. The Balaban J connectivity index is 2.13. The second-order valence-corrected chi connectivity index (χ2v) is 5.06. The van der Waals surface area contributed by atoms with Crippen LogP contribution in [0.1, 0.15) is 11.1 Å². The molecule has 0 bridgehead atoms. The van der Waals surface area contributed by atoms with Gasteiger partial charge in [-0.05, 0) is 36.8 Å². The van der Waals surface area contributed by atoms with Crippen LogP contribution in [0.15, 0.2) is 34.9 Å². The monoisotopic (exact) mass is 339 g/mol. The van der Waals surface area contributed by atoms with Crippen molar-refractivity contribution >= 4 is 27.4 Å². The first-order chi connectivity index (χ1) is 9.47. The van der Waals surface area contributed by atoms with Crippen LogP contribution in [-0.2, 0) is 6.54 Å². The van der Waals surface area contributed by atoms with Gasteiger partial charge in [0.2, 0.25) is 0 Å². The van der Waals surface area contributed by atoms with Gasteiger partial charge < -0.3 is 5.32 Å². The number of nitro groups is 1. The number of anilines is 1. The Morgan fingerprint density at radius 1 is 1.45 bits per heavy atom. The molecule has 0 aliphatic rings. The molecule has 7 heteroatoms. The van der Waals surface area contributed by atoms with E-state index in [1.807, 2.05) is 0 Å². The molecule has 0 spiro atoms. The van der Waals surface area contributed by atoms with Crippen LogP contribution in [0.2, 0.25) is 0 Å². The molecule has 1 aromatic carbocycles. The number of hydrogen-bond donors (Lipinski definition) is 1. The number of aromatic nitrogens is 1. The minimum atomic E-state index is -0.477. The molecule has 2 rings (SSSR count). The molecule has 1 N–H and O–H groups in total. The summed E-state index contributed by atoms with van der Waals surface area (Å²) in [6, 6.07) is 5.99. The molecule has 104 valence electrons. The van der Waals surface area contributed by atoms with E-state index in [4.69, 9.17) is 0 Å². The maximum Gasteiger partial charge on any atom is 0.290 e. The summed E-state index contributed by atoms with van der Waals surface area (Å²) in [6.45, 7) is 2.01. The summed E-state index contributed by atoms with van der Waals surface area (Å²) in [5.41, 5.74) is 1.23. The van der Waals surface area contributed by atoms with E-state index in [1.165, 1.54) is 18.3 Å². The highest BCUT2D eigenvalue weighted by Gasteiger charge is 2.11. The Morgan fingerprint density at radius 2 is 2.20 bits per heavy atom. The summed E-state index contributed by atoms with van der Waals surface area (Å²) < 4.78 is 13.9. The maximum atomic E-state index is 13.1. The lowest BCUT2D eigenvalue weighted by Gasteiger charge is -2.08. The predicted octanol–water partition coefficient (Wildman–Crippen LogP) is 3.81. The molecule has 0 atom stereocenters. The fourth-order valence-corrected chi connectivity index (χ4v) is 2.09. The van der Waals surface area contributed by atoms with Gasteiger partial charge in [0.05, 0.1) is 4.92 Å². The third kappa shape index (κ3) is 3.30. The number of aryl methyl sites for hydroxylation is 1. The molecule has 0 aliphatic heterocycles. The minimum absolute atomic E-state index is 0.0255. The number of pyridine rings is 1. The number of nitrogens with one attached hydrogen (secondary N) is 1. The molecular weight excluding hydrogens is 329 g/mol. The molecule has 0 saturated heterocycles. The molecule has 0 unspecified atom stereocenters. The van der Waals surface area contributed by atoms with Crippen molar-refractivity contribution in [2.24, 2.45) is 0 Å². The normalized spacial score (nSPS) is 10.3. The second kappa shape index (κ2) is 5.96. The highest BCUT2D eigenvalue weighted by molar-refractivity contribution is 9.10. The van der Waals surface area contributed by atoms with Crippen molar-refractivity contribution in [2.75, 3.05) is 5.32 Å². The molecule has 2 aromatic rings. The fraction of sp³-hybridized carbons (Fsp3) is 0.154. The van der Waals surface area contributed by atoms with Crippen molar-refractivity contribution in [3.05, 3.63) is 62.0 Å². The van der Waals surface area contributed by atoms with Crippen LogP contribution in [0.4, 0.5) is 15.9 Å². The molecule has 20 heavy (non-hydrogen) atoms. The molecule has 0 radical (unpaired) electrons.